The van der Waals surface area contributed by atoms with Crippen molar-refractivity contribution in [1.82, 2.24) is 15.0 Å². The Balaban J connectivity index is 0.0000116. The molecule has 0 spiro atoms. The minimum Gasteiger partial charge on any atom is -0.726 e. The second-order valence-electron chi connectivity index (χ2n) is 23.0. The van der Waals surface area contributed by atoms with Crippen LogP contribution in [0.2, 0.25) is 0 Å². The van der Waals surface area contributed by atoms with Crippen LogP contribution in [0.5, 0.6) is 0 Å². The Morgan fingerprint density at radius 3 is 1.54 bits per heavy atom. The van der Waals surface area contributed by atoms with E-state index in [1.807, 2.05) is 0 Å². The Morgan fingerprint density at radius 1 is 0.549 bits per heavy atom. The molecule has 6 fully saturated rings. The van der Waals surface area contributed by atoms with Crippen molar-refractivity contribution in [2.75, 3.05) is 13.2 Å². The summed E-state index contributed by atoms with van der Waals surface area (Å²) in [6.45, 7) is 7.68. The van der Waals surface area contributed by atoms with E-state index in [0.29, 0.717) is 58.9 Å². The van der Waals surface area contributed by atoms with Gasteiger partial charge in [-0.25, -0.2) is 63.6 Å². The Hall–Kier alpha value is 5.07. The summed E-state index contributed by atoms with van der Waals surface area (Å²) in [5.41, 5.74) is 0.234. The maximum absolute atomic E-state index is 12.4. The van der Waals surface area contributed by atoms with Gasteiger partial charge in [0.15, 0.2) is 24.7 Å². The first-order valence-corrected chi connectivity index (χ1v) is 35.6. The molecule has 3 heterocycles. The van der Waals surface area contributed by atoms with Gasteiger partial charge < -0.3 is 50.8 Å². The topological polar surface area (TPSA) is 533 Å². The molecule has 91 heavy (non-hydrogen) atoms. The van der Waals surface area contributed by atoms with Crippen molar-refractivity contribution in [2.24, 2.45) is 52.3 Å². The molecular formula is C42H64N3Na7O32S7. The summed E-state index contributed by atoms with van der Waals surface area (Å²) >= 11 is 0. The molecule has 1 aromatic rings. The molecule has 0 bridgehead atoms. The molecule has 35 nitrogen and oxygen atoms in total. The fourth-order valence-electron chi connectivity index (χ4n) is 14.3. The quantitative estimate of drug-likeness (QED) is 0.0448. The normalized spacial score (nSPS) is 34.0. The van der Waals surface area contributed by atoms with Crippen LogP contribution in [0, 0.1) is 52.3 Å². The van der Waals surface area contributed by atoms with Crippen molar-refractivity contribution in [3.63, 3.8) is 0 Å². The van der Waals surface area contributed by atoms with Crippen LogP contribution in [-0.2, 0) is 128 Å². The molecule has 4 saturated carbocycles. The molecule has 0 N–H and O–H groups in total. The minimum atomic E-state index is -6.48. The molecule has 0 radical (unpaired) electrons. The zero-order valence-corrected chi connectivity index (χ0v) is 72.1. The van der Waals surface area contributed by atoms with Crippen LogP contribution < -0.4 is 207 Å². The van der Waals surface area contributed by atoms with E-state index < -0.39 is 147 Å². The van der Waals surface area contributed by atoms with Gasteiger partial charge >= 0.3 is 207 Å². The van der Waals surface area contributed by atoms with Gasteiger partial charge in [-0.1, -0.05) is 59.1 Å². The zero-order valence-electron chi connectivity index (χ0n) is 52.3. The molecular weight excluding hydrogens is 1440 g/mol. The minimum absolute atomic E-state index is 0. The van der Waals surface area contributed by atoms with Gasteiger partial charge in [-0.15, -0.1) is 5.10 Å². The summed E-state index contributed by atoms with van der Waals surface area (Å²) in [6, 6.07) is 0. The SMILES string of the molecule is CC(C)CCC[C@@H](C)[C@H]1CC[C@H]2[C@@H]3CC[C@H]4C[C@@H](OCc5cn([C@@H]6O[C@H](COS(=O)(=O)[O-])[C@@H](O[C@@H]7O[C@H](COS(=O)(=O)[O-])[C@H](OS(=O)(=O)[O-])[C@H](OS(=O)(=O)[O-])[C@H]7OS(=O)(=O)[O-])[C@H](OS(=O)(=O)[O-])[C@H]6OS(=O)(=O)[O-])nn5)CC[C@]4(C)[C@H]3CC[C@]12C.[Na+].[Na+].[Na+].[Na+].[Na+].[Na+].[Na+]. The fraction of sp³-hybridized carbons (Fsp3) is 0.952. The molecule has 488 valence electrons. The van der Waals surface area contributed by atoms with Gasteiger partial charge in [-0.2, -0.15) is 0 Å². The number of ether oxygens (including phenoxy) is 4. The largest absolute Gasteiger partial charge is 1.00 e. The van der Waals surface area contributed by atoms with E-state index in [9.17, 15) is 90.8 Å². The van der Waals surface area contributed by atoms with E-state index >= 15 is 0 Å². The third kappa shape index (κ3) is 27.8. The van der Waals surface area contributed by atoms with E-state index in [1.54, 1.807) is 0 Å². The second kappa shape index (κ2) is 38.4. The van der Waals surface area contributed by atoms with E-state index in [-0.39, 0.29) is 236 Å². The number of aromatic nitrogens is 3. The van der Waals surface area contributed by atoms with Crippen LogP contribution >= 0.6 is 0 Å². The molecule has 19 atom stereocenters. The molecule has 49 heteroatoms. The fourth-order valence-corrected chi connectivity index (χ4v) is 17.3. The Kier molecular flexibility index (Phi) is 40.5. The summed E-state index contributed by atoms with van der Waals surface area (Å²) < 4.78 is 305. The average Bonchev–Trinajstić information content (AvgIpc) is 1.72. The number of fused-ring (bicyclic) bond motifs is 5. The number of hydrogen-bond donors (Lipinski definition) is 0. The monoisotopic (exact) mass is 1510 g/mol. The Labute approximate surface area is 686 Å². The predicted molar refractivity (Wildman–Crippen MR) is 263 cm³/mol. The van der Waals surface area contributed by atoms with Crippen LogP contribution in [0.15, 0.2) is 6.20 Å². The first-order valence-electron chi connectivity index (χ1n) is 26.3. The van der Waals surface area contributed by atoms with Gasteiger partial charge in [0.1, 0.15) is 42.3 Å². The van der Waals surface area contributed by atoms with Gasteiger partial charge in [-0.3, -0.25) is 29.3 Å². The molecule has 6 aliphatic rings. The van der Waals surface area contributed by atoms with Gasteiger partial charge in [-0.05, 0) is 110 Å². The summed E-state index contributed by atoms with van der Waals surface area (Å²) in [5, 5.41) is 7.73. The number of hydrogen-bond acceptors (Lipinski definition) is 34. The smallest absolute Gasteiger partial charge is 0.726 e. The van der Waals surface area contributed by atoms with Crippen molar-refractivity contribution in [2.45, 2.75) is 186 Å². The summed E-state index contributed by atoms with van der Waals surface area (Å²) in [4.78, 5) is 0. The van der Waals surface area contributed by atoms with Crippen LogP contribution in [0.3, 0.4) is 0 Å². The Bertz CT molecular complexity index is 3320. The van der Waals surface area contributed by atoms with Crippen LogP contribution in [0.1, 0.15) is 124 Å². The van der Waals surface area contributed by atoms with Crippen molar-refractivity contribution >= 4 is 72.8 Å². The summed E-state index contributed by atoms with van der Waals surface area (Å²) in [7, 11) is -43.9. The van der Waals surface area contributed by atoms with Gasteiger partial charge in [0.25, 0.3) is 0 Å². The standard InChI is InChI=1S/C42H71N3O32S7.7Na/c1-22(2)7-6-8-23(3)28-11-12-29-27-10-9-24-17-26(13-15-41(24,4)30(27)14-16-42(28,29)5)67-19-25-18-45(44-43-25)39-37(76-83(61,62)63)35(74-81(55,56)57)33(31(70-39)20-68-78(46,47)48)72-40-38(77-84(64,65)66)36(75-82(58,59)60)34(73-80(52,53)54)32(71-40)21-69-79(49,50)51;;;;;;;/h18,22-24,26-40H,6-17,19-21H2,1-5H3,(H,46,47,48)(H,49,50,51)(H,52,53,54)(H,55,56,57)(H,58,59,60)(H,61,62,63)(H,64,65,66);;;;;;;/q;7*+1/p-7/t23-,24+,26+,27+,28-,29+,30+,31-,32-,33-,34+,35+,36+,37-,38-,39-,40+,41+,42-;;;;;;;/m1......./s1. The molecule has 4 aliphatic carbocycles. The first-order chi connectivity index (χ1) is 38.4. The van der Waals surface area contributed by atoms with E-state index in [2.05, 4.69) is 74.2 Å². The maximum atomic E-state index is 12.4. The number of rotatable bonds is 27. The first kappa shape index (κ1) is 96.1. The molecule has 2 aliphatic heterocycles. The van der Waals surface area contributed by atoms with Crippen molar-refractivity contribution in [3.05, 3.63) is 11.9 Å². The van der Waals surface area contributed by atoms with E-state index in [4.69, 9.17) is 18.9 Å². The predicted octanol–water partition coefficient (Wildman–Crippen LogP) is -21.5. The van der Waals surface area contributed by atoms with Gasteiger partial charge in [0.05, 0.1) is 32.1 Å². The van der Waals surface area contributed by atoms with Crippen LogP contribution in [0.25, 0.3) is 0 Å². The van der Waals surface area contributed by atoms with Crippen LogP contribution in [0.4, 0.5) is 0 Å². The van der Waals surface area contributed by atoms with Crippen LogP contribution in [-0.4, -0.2) is 180 Å². The molecule has 0 amide bonds. The van der Waals surface area contributed by atoms with E-state index in [0.717, 1.165) is 31.9 Å². The molecule has 0 unspecified atom stereocenters. The molecule has 7 rings (SSSR count). The molecule has 2 saturated heterocycles. The Morgan fingerprint density at radius 2 is 1.02 bits per heavy atom. The van der Waals surface area contributed by atoms with E-state index in [1.165, 1.54) is 38.5 Å². The zero-order chi connectivity index (χ0) is 62.6. The summed E-state index contributed by atoms with van der Waals surface area (Å²) in [6.07, 6.45) is -17.8. The number of nitrogens with zero attached hydrogens (tertiary/aromatic N) is 3. The average molecular weight is 1510 g/mol. The molecule has 0 aromatic carbocycles. The van der Waals surface area contributed by atoms with Crippen molar-refractivity contribution < 1.29 is 346 Å². The molecule has 1 aromatic heterocycles. The van der Waals surface area contributed by atoms with Crippen molar-refractivity contribution in [3.8, 4) is 0 Å². The van der Waals surface area contributed by atoms with Gasteiger partial charge in [0, 0.05) is 0 Å². The third-order valence-corrected chi connectivity index (χ3v) is 20.6. The maximum Gasteiger partial charge on any atom is 1.00 e. The van der Waals surface area contributed by atoms with Crippen molar-refractivity contribution in [1.29, 1.82) is 0 Å². The third-order valence-electron chi connectivity index (χ3n) is 17.5. The van der Waals surface area contributed by atoms with Gasteiger partial charge in [0.2, 0.25) is 72.8 Å². The summed E-state index contributed by atoms with van der Waals surface area (Å²) in [5.74, 6) is 4.08. The second-order valence-corrected chi connectivity index (χ2v) is 30.2.